The van der Waals surface area contributed by atoms with Crippen molar-refractivity contribution in [3.63, 3.8) is 0 Å². The zero-order chi connectivity index (χ0) is 29.9. The first-order valence-corrected chi connectivity index (χ1v) is 16.0. The predicted octanol–water partition coefficient (Wildman–Crippen LogP) is 3.63. The number of hydrogen-bond acceptors (Lipinski definition) is 10. The van der Waals surface area contributed by atoms with Crippen LogP contribution in [0.15, 0.2) is 36.9 Å². The van der Waals surface area contributed by atoms with Crippen LogP contribution >= 0.6 is 11.3 Å². The number of carbonyl (C=O) groups excluding carboxylic acids is 1. The van der Waals surface area contributed by atoms with Gasteiger partial charge < -0.3 is 10.1 Å². The van der Waals surface area contributed by atoms with E-state index in [4.69, 9.17) is 4.74 Å². The van der Waals surface area contributed by atoms with E-state index in [1.807, 2.05) is 36.1 Å². The fourth-order valence-electron chi connectivity index (χ4n) is 4.27. The second-order valence-corrected chi connectivity index (χ2v) is 14.3. The third kappa shape index (κ3) is 6.86. The van der Waals surface area contributed by atoms with Gasteiger partial charge in [-0.2, -0.15) is 5.10 Å². The van der Waals surface area contributed by atoms with Gasteiger partial charge in [0.25, 0.3) is 0 Å². The summed E-state index contributed by atoms with van der Waals surface area (Å²) in [5.74, 6) is -0.00129. The third-order valence-electron chi connectivity index (χ3n) is 6.76. The zero-order valence-electron chi connectivity index (χ0n) is 24.0. The van der Waals surface area contributed by atoms with E-state index in [9.17, 15) is 13.2 Å². The molecule has 0 unspecified atom stereocenters. The number of hydrogen-bond donors (Lipinski definition) is 3. The molecule has 4 aromatic rings. The second-order valence-electron chi connectivity index (χ2n) is 10.8. The molecule has 0 bridgehead atoms. The molecule has 0 radical (unpaired) electrons. The third-order valence-corrected chi connectivity index (χ3v) is 9.84. The van der Waals surface area contributed by atoms with E-state index >= 15 is 0 Å². The highest BCUT2D eigenvalue weighted by Crippen LogP contribution is 2.38. The molecule has 0 atom stereocenters. The number of nitrogens with one attached hydrogen (secondary N) is 3. The van der Waals surface area contributed by atoms with Crippen molar-refractivity contribution in [1.29, 1.82) is 0 Å². The van der Waals surface area contributed by atoms with Crippen molar-refractivity contribution in [3.8, 4) is 22.3 Å². The number of anilines is 2. The van der Waals surface area contributed by atoms with Crippen LogP contribution in [0.1, 0.15) is 27.7 Å². The highest BCUT2D eigenvalue weighted by Gasteiger charge is 2.29. The van der Waals surface area contributed by atoms with Crippen LogP contribution in [-0.2, 0) is 21.3 Å². The molecule has 0 spiro atoms. The highest BCUT2D eigenvalue weighted by atomic mass is 32.2. The van der Waals surface area contributed by atoms with Gasteiger partial charge in [0.2, 0.25) is 16.0 Å². The van der Waals surface area contributed by atoms with Crippen molar-refractivity contribution >= 4 is 48.7 Å². The maximum atomic E-state index is 12.5. The highest BCUT2D eigenvalue weighted by molar-refractivity contribution is 7.94. The Morgan fingerprint density at radius 2 is 1.79 bits per heavy atom. The van der Waals surface area contributed by atoms with Crippen molar-refractivity contribution in [2.24, 2.45) is 0 Å². The summed E-state index contributed by atoms with van der Waals surface area (Å²) >= 11 is 1.38. The lowest BCUT2D eigenvalue weighted by molar-refractivity contribution is 0.0360. The molecule has 5 rings (SSSR count). The van der Waals surface area contributed by atoms with E-state index in [-0.39, 0.29) is 12.0 Å². The molecular weight excluding hydrogens is 578 g/mol. The van der Waals surface area contributed by atoms with Crippen LogP contribution < -0.4 is 15.4 Å². The number of benzene rings is 1. The van der Waals surface area contributed by atoms with Crippen LogP contribution in [0.25, 0.3) is 32.5 Å². The summed E-state index contributed by atoms with van der Waals surface area (Å²) in [6.07, 6.45) is 6.99. The second kappa shape index (κ2) is 12.3. The fraction of sp³-hybridized carbons (Fsp3) is 0.444. The number of morpholine rings is 1. The lowest BCUT2D eigenvalue weighted by Crippen LogP contribution is -2.38. The molecule has 3 N–H and O–H groups in total. The van der Waals surface area contributed by atoms with Crippen LogP contribution in [0.3, 0.4) is 0 Å². The number of urea groups is 1. The van der Waals surface area contributed by atoms with Gasteiger partial charge >= 0.3 is 6.03 Å². The van der Waals surface area contributed by atoms with Crippen molar-refractivity contribution in [2.45, 2.75) is 39.0 Å². The summed E-state index contributed by atoms with van der Waals surface area (Å²) in [5, 5.41) is 10.6. The number of nitrogens with zero attached hydrogens (tertiary/aromatic N) is 6. The first kappa shape index (κ1) is 29.8. The number of amides is 2. The van der Waals surface area contributed by atoms with Gasteiger partial charge in [-0.25, -0.2) is 28.2 Å². The smallest absolute Gasteiger partial charge is 0.321 e. The van der Waals surface area contributed by atoms with E-state index in [2.05, 4.69) is 40.3 Å². The molecule has 13 nitrogen and oxygen atoms in total. The van der Waals surface area contributed by atoms with Gasteiger partial charge in [0.15, 0.2) is 5.13 Å². The summed E-state index contributed by atoms with van der Waals surface area (Å²) in [6, 6.07) is 3.59. The monoisotopic (exact) mass is 613 g/mol. The van der Waals surface area contributed by atoms with Crippen LogP contribution in [-0.4, -0.2) is 88.2 Å². The number of rotatable bonds is 9. The number of carbonyl (C=O) groups is 1. The minimum Gasteiger partial charge on any atom is -0.379 e. The topological polar surface area (TPSA) is 156 Å². The summed E-state index contributed by atoms with van der Waals surface area (Å²) in [7, 11) is -3.66. The molecule has 1 aliphatic heterocycles. The molecule has 3 aromatic heterocycles. The molecule has 42 heavy (non-hydrogen) atoms. The van der Waals surface area contributed by atoms with Gasteiger partial charge in [-0.15, -0.1) is 0 Å². The molecule has 1 fully saturated rings. The fourth-order valence-corrected chi connectivity index (χ4v) is 5.89. The molecule has 2 amide bonds. The molecule has 15 heteroatoms. The van der Waals surface area contributed by atoms with Gasteiger partial charge in [0, 0.05) is 61.5 Å². The molecule has 224 valence electrons. The number of ether oxygens (including phenoxy) is 1. The van der Waals surface area contributed by atoms with Crippen molar-refractivity contribution in [2.75, 3.05) is 49.4 Å². The number of thiazole rings is 1. The SMILES string of the molecule is CCNC(=O)Nc1nc2cc(-c3cnc(NS(=O)(=O)C(C)(C)C)nc3)cc(-c3cnn(CCN4CCOCC4)c3)c2s1. The lowest BCUT2D eigenvalue weighted by Gasteiger charge is -2.26. The van der Waals surface area contributed by atoms with Crippen LogP contribution in [0.4, 0.5) is 15.9 Å². The Bertz CT molecular complexity index is 1660. The van der Waals surface area contributed by atoms with Crippen molar-refractivity contribution in [1.82, 2.24) is 34.9 Å². The Labute approximate surface area is 248 Å². The molecule has 0 aliphatic carbocycles. The van der Waals surface area contributed by atoms with E-state index in [1.165, 1.54) is 11.3 Å². The molecule has 1 saturated heterocycles. The van der Waals surface area contributed by atoms with Crippen LogP contribution in [0.5, 0.6) is 0 Å². The van der Waals surface area contributed by atoms with Gasteiger partial charge in [-0.3, -0.25) is 19.6 Å². The van der Waals surface area contributed by atoms with Crippen molar-refractivity contribution in [3.05, 3.63) is 36.9 Å². The molecule has 1 aliphatic rings. The molecular formula is C27H35N9O4S2. The summed E-state index contributed by atoms with van der Waals surface area (Å²) in [6.45, 7) is 12.1. The molecule has 4 heterocycles. The minimum absolute atomic E-state index is 0.00129. The van der Waals surface area contributed by atoms with E-state index in [1.54, 1.807) is 33.2 Å². The first-order chi connectivity index (χ1) is 20.0. The van der Waals surface area contributed by atoms with Crippen LogP contribution in [0, 0.1) is 0 Å². The zero-order valence-corrected chi connectivity index (χ0v) is 25.7. The molecule has 1 aromatic carbocycles. The van der Waals surface area contributed by atoms with Crippen molar-refractivity contribution < 1.29 is 17.9 Å². The van der Waals surface area contributed by atoms with Gasteiger partial charge in [0.1, 0.15) is 0 Å². The number of aromatic nitrogens is 5. The normalized spacial score (nSPS) is 14.7. The largest absolute Gasteiger partial charge is 0.379 e. The maximum Gasteiger partial charge on any atom is 0.321 e. The minimum atomic E-state index is -3.66. The maximum absolute atomic E-state index is 12.5. The van der Waals surface area contributed by atoms with Crippen LogP contribution in [0.2, 0.25) is 0 Å². The number of sulfonamides is 1. The standard InChI is InChI=1S/C27H35N9O4S2/c1-5-28-25(37)33-26-32-22-13-18(19-14-29-24(30-15-19)34-42(38,39)27(2,3)4)12-21(23(22)41-26)20-16-31-36(17-20)7-6-35-8-10-40-11-9-35/h12-17H,5-11H2,1-4H3,(H,29,30,34)(H2,28,32,33,37). The Balaban J connectivity index is 1.46. The van der Waals surface area contributed by atoms with E-state index < -0.39 is 14.8 Å². The Morgan fingerprint density at radius 3 is 2.48 bits per heavy atom. The Morgan fingerprint density at radius 1 is 1.05 bits per heavy atom. The lowest BCUT2D eigenvalue weighted by atomic mass is 10.0. The quantitative estimate of drug-likeness (QED) is 0.257. The van der Waals surface area contributed by atoms with Gasteiger partial charge in [0.05, 0.1) is 40.9 Å². The average molecular weight is 614 g/mol. The number of fused-ring (bicyclic) bond motifs is 1. The summed E-state index contributed by atoms with van der Waals surface area (Å²) in [4.78, 5) is 27.7. The first-order valence-electron chi connectivity index (χ1n) is 13.7. The predicted molar refractivity (Wildman–Crippen MR) is 164 cm³/mol. The summed E-state index contributed by atoms with van der Waals surface area (Å²) in [5.41, 5.74) is 3.98. The van der Waals surface area contributed by atoms with E-state index in [0.29, 0.717) is 22.8 Å². The summed E-state index contributed by atoms with van der Waals surface area (Å²) < 4.78 is 34.8. The average Bonchev–Trinajstić information content (AvgIpc) is 3.58. The van der Waals surface area contributed by atoms with E-state index in [0.717, 1.165) is 60.8 Å². The molecule has 0 saturated carbocycles. The van der Waals surface area contributed by atoms with Gasteiger partial charge in [-0.05, 0) is 45.4 Å². The Kier molecular flexibility index (Phi) is 8.73. The van der Waals surface area contributed by atoms with Gasteiger partial charge in [-0.1, -0.05) is 11.3 Å². The Hall–Kier alpha value is -3.66.